The zero-order valence-electron chi connectivity index (χ0n) is 12.1. The number of nitrogens with one attached hydrogen (secondary N) is 1. The van der Waals surface area contributed by atoms with Gasteiger partial charge in [-0.1, -0.05) is 5.16 Å². The summed E-state index contributed by atoms with van der Waals surface area (Å²) in [6.45, 7) is 2.12. The molecule has 2 aromatic heterocycles. The maximum absolute atomic E-state index is 5.30. The van der Waals surface area contributed by atoms with E-state index in [2.05, 4.69) is 32.3 Å². The largest absolute Gasteiger partial charge is 0.339 e. The minimum atomic E-state index is 0.427. The molecule has 6 heteroatoms. The second-order valence-corrected chi connectivity index (χ2v) is 5.00. The van der Waals surface area contributed by atoms with Gasteiger partial charge in [-0.2, -0.15) is 4.98 Å². The SMILES string of the molecule is CNC(C)CCc1nc(-c2ccc3nccnc3c2)no1. The molecule has 0 amide bonds. The molecule has 3 aromatic rings. The number of fused-ring (bicyclic) bond motifs is 1. The molecule has 0 fully saturated rings. The van der Waals surface area contributed by atoms with Crippen LogP contribution in [0.3, 0.4) is 0 Å². The highest BCUT2D eigenvalue weighted by Gasteiger charge is 2.10. The minimum absolute atomic E-state index is 0.427. The van der Waals surface area contributed by atoms with Crippen molar-refractivity contribution < 1.29 is 4.52 Å². The summed E-state index contributed by atoms with van der Waals surface area (Å²) in [5, 5.41) is 7.23. The van der Waals surface area contributed by atoms with Crippen LogP contribution in [0.25, 0.3) is 22.4 Å². The maximum Gasteiger partial charge on any atom is 0.227 e. The third-order valence-corrected chi connectivity index (χ3v) is 3.48. The molecule has 21 heavy (non-hydrogen) atoms. The first-order valence-electron chi connectivity index (χ1n) is 6.97. The molecule has 0 radical (unpaired) electrons. The monoisotopic (exact) mass is 283 g/mol. The standard InChI is InChI=1S/C15H17N5O/c1-10(16-2)3-6-14-19-15(20-21-14)11-4-5-12-13(9-11)18-8-7-17-12/h4-5,7-10,16H,3,6H2,1-2H3. The highest BCUT2D eigenvalue weighted by atomic mass is 16.5. The highest BCUT2D eigenvalue weighted by molar-refractivity contribution is 5.79. The molecule has 3 rings (SSSR count). The summed E-state index contributed by atoms with van der Waals surface area (Å²) < 4.78 is 5.30. The van der Waals surface area contributed by atoms with E-state index in [0.29, 0.717) is 17.8 Å². The van der Waals surface area contributed by atoms with Gasteiger partial charge in [-0.3, -0.25) is 9.97 Å². The van der Waals surface area contributed by atoms with Crippen LogP contribution in [0.15, 0.2) is 35.1 Å². The molecule has 1 aromatic carbocycles. The molecule has 0 saturated heterocycles. The Labute approximate surface area is 122 Å². The van der Waals surface area contributed by atoms with E-state index in [1.165, 1.54) is 0 Å². The molecule has 108 valence electrons. The van der Waals surface area contributed by atoms with E-state index in [4.69, 9.17) is 4.52 Å². The third-order valence-electron chi connectivity index (χ3n) is 3.48. The zero-order valence-corrected chi connectivity index (χ0v) is 12.1. The van der Waals surface area contributed by atoms with Gasteiger partial charge in [0.1, 0.15) is 0 Å². The first-order valence-corrected chi connectivity index (χ1v) is 6.97. The van der Waals surface area contributed by atoms with Gasteiger partial charge in [-0.15, -0.1) is 0 Å². The fraction of sp³-hybridized carbons (Fsp3) is 0.333. The van der Waals surface area contributed by atoms with Crippen molar-refractivity contribution in [3.63, 3.8) is 0 Å². The van der Waals surface area contributed by atoms with Gasteiger partial charge in [0.05, 0.1) is 11.0 Å². The molecule has 0 aliphatic rings. The molecular formula is C15H17N5O. The van der Waals surface area contributed by atoms with Gasteiger partial charge in [0, 0.05) is 30.4 Å². The van der Waals surface area contributed by atoms with Gasteiger partial charge < -0.3 is 9.84 Å². The Hall–Kier alpha value is -2.34. The Balaban J connectivity index is 1.81. The van der Waals surface area contributed by atoms with Crippen molar-refractivity contribution in [2.45, 2.75) is 25.8 Å². The van der Waals surface area contributed by atoms with E-state index < -0.39 is 0 Å². The lowest BCUT2D eigenvalue weighted by atomic mass is 10.1. The number of benzene rings is 1. The Kier molecular flexibility index (Phi) is 3.87. The molecular weight excluding hydrogens is 266 g/mol. The van der Waals surface area contributed by atoms with Gasteiger partial charge in [0.15, 0.2) is 0 Å². The lowest BCUT2D eigenvalue weighted by Gasteiger charge is -2.06. The van der Waals surface area contributed by atoms with E-state index in [-0.39, 0.29) is 0 Å². The molecule has 0 spiro atoms. The summed E-state index contributed by atoms with van der Waals surface area (Å²) in [5.74, 6) is 1.25. The van der Waals surface area contributed by atoms with E-state index >= 15 is 0 Å². The molecule has 1 N–H and O–H groups in total. The molecule has 0 aliphatic carbocycles. The van der Waals surface area contributed by atoms with Gasteiger partial charge in [-0.25, -0.2) is 0 Å². The normalized spacial score (nSPS) is 12.7. The van der Waals surface area contributed by atoms with Crippen LogP contribution in [0, 0.1) is 0 Å². The van der Waals surface area contributed by atoms with Crippen LogP contribution < -0.4 is 5.32 Å². The predicted octanol–water partition coefficient (Wildman–Crippen LogP) is 2.22. The molecule has 6 nitrogen and oxygen atoms in total. The molecule has 1 unspecified atom stereocenters. The lowest BCUT2D eigenvalue weighted by Crippen LogP contribution is -2.21. The van der Waals surface area contributed by atoms with Crippen LogP contribution >= 0.6 is 0 Å². The summed E-state index contributed by atoms with van der Waals surface area (Å²) in [5.41, 5.74) is 2.57. The molecule has 0 saturated carbocycles. The number of hydrogen-bond donors (Lipinski definition) is 1. The Morgan fingerprint density at radius 3 is 2.81 bits per heavy atom. The predicted molar refractivity (Wildman–Crippen MR) is 79.7 cm³/mol. The van der Waals surface area contributed by atoms with Gasteiger partial charge in [0.25, 0.3) is 0 Å². The van der Waals surface area contributed by atoms with E-state index in [1.54, 1.807) is 12.4 Å². The number of aryl methyl sites for hydroxylation is 1. The topological polar surface area (TPSA) is 76.7 Å². The van der Waals surface area contributed by atoms with Crippen molar-refractivity contribution in [2.24, 2.45) is 0 Å². The highest BCUT2D eigenvalue weighted by Crippen LogP contribution is 2.20. The number of nitrogens with zero attached hydrogens (tertiary/aromatic N) is 4. The summed E-state index contributed by atoms with van der Waals surface area (Å²) in [6.07, 6.45) is 5.08. The van der Waals surface area contributed by atoms with Crippen molar-refractivity contribution in [2.75, 3.05) is 7.05 Å². The van der Waals surface area contributed by atoms with Crippen molar-refractivity contribution in [3.05, 3.63) is 36.5 Å². The van der Waals surface area contributed by atoms with Crippen molar-refractivity contribution in [3.8, 4) is 11.4 Å². The van der Waals surface area contributed by atoms with Crippen LogP contribution in [0.4, 0.5) is 0 Å². The first kappa shape index (κ1) is 13.6. The van der Waals surface area contributed by atoms with Crippen LogP contribution in [0.2, 0.25) is 0 Å². The summed E-state index contributed by atoms with van der Waals surface area (Å²) in [6, 6.07) is 6.20. The van der Waals surface area contributed by atoms with Gasteiger partial charge >= 0.3 is 0 Å². The van der Waals surface area contributed by atoms with E-state index in [9.17, 15) is 0 Å². The first-order chi connectivity index (χ1) is 10.3. The average Bonchev–Trinajstić information content (AvgIpc) is 3.01. The van der Waals surface area contributed by atoms with Crippen molar-refractivity contribution in [1.82, 2.24) is 25.4 Å². The number of hydrogen-bond acceptors (Lipinski definition) is 6. The second-order valence-electron chi connectivity index (χ2n) is 5.00. The Bertz CT molecular complexity index is 740. The van der Waals surface area contributed by atoms with E-state index in [1.807, 2.05) is 25.2 Å². The molecule has 2 heterocycles. The van der Waals surface area contributed by atoms with Crippen molar-refractivity contribution >= 4 is 11.0 Å². The number of rotatable bonds is 5. The average molecular weight is 283 g/mol. The van der Waals surface area contributed by atoms with Crippen molar-refractivity contribution in [1.29, 1.82) is 0 Å². The summed E-state index contributed by atoms with van der Waals surface area (Å²) in [7, 11) is 1.94. The quantitative estimate of drug-likeness (QED) is 0.773. The number of aromatic nitrogens is 4. The fourth-order valence-electron chi connectivity index (χ4n) is 2.06. The van der Waals surface area contributed by atoms with E-state index in [0.717, 1.165) is 29.4 Å². The molecule has 0 bridgehead atoms. The van der Waals surface area contributed by atoms with Crippen LogP contribution in [0.1, 0.15) is 19.2 Å². The van der Waals surface area contributed by atoms with Crippen LogP contribution in [-0.4, -0.2) is 33.2 Å². The Morgan fingerprint density at radius 1 is 1.19 bits per heavy atom. The minimum Gasteiger partial charge on any atom is -0.339 e. The van der Waals surface area contributed by atoms with Gasteiger partial charge in [-0.05, 0) is 38.6 Å². The van der Waals surface area contributed by atoms with Gasteiger partial charge in [0.2, 0.25) is 11.7 Å². The summed E-state index contributed by atoms with van der Waals surface area (Å²) >= 11 is 0. The second kappa shape index (κ2) is 5.97. The zero-order chi connectivity index (χ0) is 14.7. The van der Waals surface area contributed by atoms with Crippen LogP contribution in [-0.2, 0) is 6.42 Å². The fourth-order valence-corrected chi connectivity index (χ4v) is 2.06. The third kappa shape index (κ3) is 3.05. The summed E-state index contributed by atoms with van der Waals surface area (Å²) in [4.78, 5) is 13.0. The lowest BCUT2D eigenvalue weighted by molar-refractivity contribution is 0.369. The molecule has 0 aliphatic heterocycles. The smallest absolute Gasteiger partial charge is 0.227 e. The molecule has 1 atom stereocenters. The van der Waals surface area contributed by atoms with Crippen LogP contribution in [0.5, 0.6) is 0 Å². The Morgan fingerprint density at radius 2 is 2.00 bits per heavy atom. The maximum atomic E-state index is 5.30.